The third-order valence-corrected chi connectivity index (χ3v) is 2.40. The minimum atomic E-state index is -0.927. The average molecular weight is 251 g/mol. The van der Waals surface area contributed by atoms with Crippen molar-refractivity contribution in [2.75, 3.05) is 10.7 Å². The van der Waals surface area contributed by atoms with Gasteiger partial charge in [0.2, 0.25) is 0 Å². The summed E-state index contributed by atoms with van der Waals surface area (Å²) in [6.45, 7) is 1.75. The van der Waals surface area contributed by atoms with Crippen LogP contribution in [0.5, 0.6) is 0 Å². The molecule has 7 heteroatoms. The quantitative estimate of drug-likeness (QED) is 0.575. The number of nitrogen functional groups attached to an aromatic ring is 1. The Morgan fingerprint density at radius 1 is 1.11 bits per heavy atom. The van der Waals surface area contributed by atoms with Gasteiger partial charge in [0.05, 0.1) is 0 Å². The van der Waals surface area contributed by atoms with Crippen LogP contribution in [0.2, 0.25) is 0 Å². The number of aromatic nitrogens is 2. The van der Waals surface area contributed by atoms with Crippen LogP contribution < -0.4 is 16.6 Å². The highest BCUT2D eigenvalue weighted by molar-refractivity contribution is 5.63. The summed E-state index contributed by atoms with van der Waals surface area (Å²) in [7, 11) is 0. The van der Waals surface area contributed by atoms with E-state index in [0.717, 1.165) is 12.1 Å². The van der Waals surface area contributed by atoms with E-state index in [9.17, 15) is 8.78 Å². The van der Waals surface area contributed by atoms with Gasteiger partial charge in [-0.1, -0.05) is 0 Å². The number of hydrogen-bond acceptors (Lipinski definition) is 5. The van der Waals surface area contributed by atoms with Gasteiger partial charge in [-0.15, -0.1) is 0 Å². The van der Waals surface area contributed by atoms with Crippen LogP contribution in [0.15, 0.2) is 24.5 Å². The SMILES string of the molecule is Cc1c(NN)ncnc1Nc1ccc(F)c(F)c1. The normalized spacial score (nSPS) is 10.2. The van der Waals surface area contributed by atoms with E-state index < -0.39 is 11.6 Å². The molecule has 0 bridgehead atoms. The van der Waals surface area contributed by atoms with Crippen LogP contribution in [0, 0.1) is 18.6 Å². The highest BCUT2D eigenvalue weighted by Crippen LogP contribution is 2.22. The maximum Gasteiger partial charge on any atom is 0.160 e. The van der Waals surface area contributed by atoms with Gasteiger partial charge in [0.15, 0.2) is 11.6 Å². The summed E-state index contributed by atoms with van der Waals surface area (Å²) in [5.41, 5.74) is 3.48. The molecule has 2 aromatic rings. The highest BCUT2D eigenvalue weighted by atomic mass is 19.2. The summed E-state index contributed by atoms with van der Waals surface area (Å²) >= 11 is 0. The Kier molecular flexibility index (Phi) is 3.33. The van der Waals surface area contributed by atoms with Crippen LogP contribution >= 0.6 is 0 Å². The predicted molar refractivity (Wildman–Crippen MR) is 64.2 cm³/mol. The molecule has 94 valence electrons. The maximum absolute atomic E-state index is 13.0. The third kappa shape index (κ3) is 2.35. The monoisotopic (exact) mass is 251 g/mol. The first-order valence-electron chi connectivity index (χ1n) is 5.12. The fourth-order valence-corrected chi connectivity index (χ4v) is 1.43. The number of nitrogens with zero attached hydrogens (tertiary/aromatic N) is 2. The van der Waals surface area contributed by atoms with E-state index in [1.54, 1.807) is 6.92 Å². The van der Waals surface area contributed by atoms with Gasteiger partial charge in [0.25, 0.3) is 0 Å². The fourth-order valence-electron chi connectivity index (χ4n) is 1.43. The van der Waals surface area contributed by atoms with Crippen molar-refractivity contribution in [3.8, 4) is 0 Å². The Balaban J connectivity index is 2.31. The van der Waals surface area contributed by atoms with Crippen molar-refractivity contribution in [2.45, 2.75) is 6.92 Å². The molecule has 0 spiro atoms. The number of hydrazine groups is 1. The zero-order chi connectivity index (χ0) is 13.1. The molecule has 0 saturated heterocycles. The van der Waals surface area contributed by atoms with E-state index in [4.69, 9.17) is 5.84 Å². The van der Waals surface area contributed by atoms with Crippen LogP contribution in [0.25, 0.3) is 0 Å². The molecule has 18 heavy (non-hydrogen) atoms. The Morgan fingerprint density at radius 2 is 1.83 bits per heavy atom. The van der Waals surface area contributed by atoms with E-state index in [1.807, 2.05) is 0 Å². The maximum atomic E-state index is 13.0. The molecule has 0 aliphatic carbocycles. The van der Waals surface area contributed by atoms with Crippen LogP contribution in [-0.2, 0) is 0 Å². The molecule has 1 aromatic heterocycles. The molecule has 0 radical (unpaired) electrons. The number of halogens is 2. The molecule has 5 nitrogen and oxygen atoms in total. The lowest BCUT2D eigenvalue weighted by Crippen LogP contribution is -2.11. The number of hydrogen-bond donors (Lipinski definition) is 3. The highest BCUT2D eigenvalue weighted by Gasteiger charge is 2.08. The van der Waals surface area contributed by atoms with Crippen molar-refractivity contribution in [1.29, 1.82) is 0 Å². The second kappa shape index (κ2) is 4.92. The summed E-state index contributed by atoms with van der Waals surface area (Å²) in [6, 6.07) is 3.50. The van der Waals surface area contributed by atoms with Gasteiger partial charge in [0, 0.05) is 17.3 Å². The lowest BCUT2D eigenvalue weighted by atomic mass is 10.2. The van der Waals surface area contributed by atoms with Crippen molar-refractivity contribution in [1.82, 2.24) is 9.97 Å². The first-order valence-corrected chi connectivity index (χ1v) is 5.12. The van der Waals surface area contributed by atoms with E-state index >= 15 is 0 Å². The first-order chi connectivity index (χ1) is 8.61. The number of nitrogens with one attached hydrogen (secondary N) is 2. The molecule has 2 rings (SSSR count). The Bertz CT molecular complexity index is 573. The van der Waals surface area contributed by atoms with Gasteiger partial charge < -0.3 is 10.7 Å². The summed E-state index contributed by atoms with van der Waals surface area (Å²) in [6.07, 6.45) is 1.31. The van der Waals surface area contributed by atoms with Crippen LogP contribution in [0.3, 0.4) is 0 Å². The molecule has 4 N–H and O–H groups in total. The standard InChI is InChI=1S/C11H11F2N5/c1-6-10(15-5-16-11(6)18-14)17-7-2-3-8(12)9(13)4-7/h2-5H,14H2,1H3,(H2,15,16,17,18). The predicted octanol–water partition coefficient (Wildman–Crippen LogP) is 2.09. The molecular weight excluding hydrogens is 240 g/mol. The number of anilines is 3. The Hall–Kier alpha value is -2.28. The molecule has 0 aliphatic rings. The zero-order valence-corrected chi connectivity index (χ0v) is 9.54. The van der Waals surface area contributed by atoms with E-state index in [-0.39, 0.29) is 0 Å². The molecule has 0 unspecified atom stereocenters. The topological polar surface area (TPSA) is 75.9 Å². The van der Waals surface area contributed by atoms with E-state index in [1.165, 1.54) is 12.4 Å². The molecule has 0 atom stereocenters. The van der Waals surface area contributed by atoms with Crippen molar-refractivity contribution in [3.05, 3.63) is 41.7 Å². The lowest BCUT2D eigenvalue weighted by Gasteiger charge is -2.10. The minimum absolute atomic E-state index is 0.388. The molecule has 0 aliphatic heterocycles. The molecule has 1 aromatic carbocycles. The van der Waals surface area contributed by atoms with Crippen LogP contribution in [-0.4, -0.2) is 9.97 Å². The van der Waals surface area contributed by atoms with Crippen molar-refractivity contribution >= 4 is 17.3 Å². The largest absolute Gasteiger partial charge is 0.340 e. The van der Waals surface area contributed by atoms with Crippen molar-refractivity contribution in [3.63, 3.8) is 0 Å². The summed E-state index contributed by atoms with van der Waals surface area (Å²) in [4.78, 5) is 7.91. The molecule has 1 heterocycles. The minimum Gasteiger partial charge on any atom is -0.340 e. The number of nitrogens with two attached hydrogens (primary N) is 1. The van der Waals surface area contributed by atoms with Gasteiger partial charge >= 0.3 is 0 Å². The fraction of sp³-hybridized carbons (Fsp3) is 0.0909. The van der Waals surface area contributed by atoms with Gasteiger partial charge in [0.1, 0.15) is 18.0 Å². The summed E-state index contributed by atoms with van der Waals surface area (Å²) in [5.74, 6) is 4.37. The number of rotatable bonds is 3. The van der Waals surface area contributed by atoms with E-state index in [2.05, 4.69) is 20.7 Å². The van der Waals surface area contributed by atoms with E-state index in [0.29, 0.717) is 22.9 Å². The van der Waals surface area contributed by atoms with Crippen LogP contribution in [0.1, 0.15) is 5.56 Å². The molecular formula is C11H11F2N5. The lowest BCUT2D eigenvalue weighted by molar-refractivity contribution is 0.509. The summed E-state index contributed by atoms with van der Waals surface area (Å²) < 4.78 is 25.8. The third-order valence-electron chi connectivity index (χ3n) is 2.40. The smallest absolute Gasteiger partial charge is 0.160 e. The summed E-state index contributed by atoms with van der Waals surface area (Å²) in [5, 5.41) is 2.86. The molecule has 0 saturated carbocycles. The molecule has 0 amide bonds. The average Bonchev–Trinajstić information content (AvgIpc) is 2.36. The van der Waals surface area contributed by atoms with Crippen molar-refractivity contribution < 1.29 is 8.78 Å². The second-order valence-electron chi connectivity index (χ2n) is 3.59. The second-order valence-corrected chi connectivity index (χ2v) is 3.59. The molecule has 0 fully saturated rings. The van der Waals surface area contributed by atoms with Crippen LogP contribution in [0.4, 0.5) is 26.1 Å². The Labute approximate surface area is 102 Å². The Morgan fingerprint density at radius 3 is 2.50 bits per heavy atom. The zero-order valence-electron chi connectivity index (χ0n) is 9.54. The van der Waals surface area contributed by atoms with Crippen molar-refractivity contribution in [2.24, 2.45) is 5.84 Å². The first kappa shape index (κ1) is 12.2. The number of benzene rings is 1. The van der Waals surface area contributed by atoms with Gasteiger partial charge in [-0.25, -0.2) is 24.6 Å². The van der Waals surface area contributed by atoms with Gasteiger partial charge in [-0.3, -0.25) is 0 Å². The van der Waals surface area contributed by atoms with Gasteiger partial charge in [-0.05, 0) is 19.1 Å². The van der Waals surface area contributed by atoms with Gasteiger partial charge in [-0.2, -0.15) is 0 Å².